The molecule has 0 aliphatic rings. The van der Waals surface area contributed by atoms with Crippen LogP contribution >= 0.6 is 15.9 Å². The molecule has 4 aromatic rings. The number of hydrogen-bond donors (Lipinski definition) is 1. The van der Waals surface area contributed by atoms with Crippen molar-refractivity contribution in [3.8, 4) is 11.1 Å². The summed E-state index contributed by atoms with van der Waals surface area (Å²) in [5.41, 5.74) is 1.72. The minimum absolute atomic E-state index is 0.0991. The Morgan fingerprint density at radius 3 is 2.24 bits per heavy atom. The lowest BCUT2D eigenvalue weighted by Gasteiger charge is -2.20. The lowest BCUT2D eigenvalue weighted by atomic mass is 9.97. The van der Waals surface area contributed by atoms with Gasteiger partial charge in [0, 0.05) is 22.5 Å². The number of halogens is 1. The predicted octanol–water partition coefficient (Wildman–Crippen LogP) is 5.54. The monoisotopic (exact) mass is 518 g/mol. The molecule has 0 saturated heterocycles. The zero-order chi connectivity index (χ0) is 24.2. The molecule has 0 aliphatic carbocycles. The van der Waals surface area contributed by atoms with E-state index in [2.05, 4.69) is 21.2 Å². The molecular formula is C27H23BrN2O4. The Bertz CT molecular complexity index is 1430. The molecule has 34 heavy (non-hydrogen) atoms. The first kappa shape index (κ1) is 23.4. The molecule has 0 radical (unpaired) electrons. The molecule has 172 valence electrons. The van der Waals surface area contributed by atoms with E-state index in [9.17, 15) is 14.4 Å². The van der Waals surface area contributed by atoms with Gasteiger partial charge < -0.3 is 14.6 Å². The normalized spacial score (nSPS) is 11.7. The van der Waals surface area contributed by atoms with Crippen molar-refractivity contribution in [3.05, 3.63) is 99.4 Å². The van der Waals surface area contributed by atoms with Crippen LogP contribution in [0.2, 0.25) is 0 Å². The summed E-state index contributed by atoms with van der Waals surface area (Å²) in [6, 6.07) is 23.7. The van der Waals surface area contributed by atoms with Gasteiger partial charge >= 0.3 is 5.97 Å². The number of hydrogen-bond acceptors (Lipinski definition) is 4. The Labute approximate surface area is 205 Å². The van der Waals surface area contributed by atoms with Gasteiger partial charge in [0.05, 0.1) is 5.69 Å². The number of rotatable bonds is 6. The standard InChI is InChI=1S/C27H23BrN2O4/c1-3-22(25(31)29-21-16-10-9-15-20(21)28)34-27(33)24-23(17-11-5-4-6-12-17)18-13-7-8-14-19(18)26(32)30(24)2/h4-16,22H,3H2,1-2H3,(H,29,31). The highest BCUT2D eigenvalue weighted by molar-refractivity contribution is 9.10. The number of para-hydroxylation sites is 1. The maximum atomic E-state index is 13.5. The van der Waals surface area contributed by atoms with Crippen LogP contribution < -0.4 is 10.9 Å². The van der Waals surface area contributed by atoms with Crippen molar-refractivity contribution in [1.29, 1.82) is 0 Å². The number of nitrogens with zero attached hydrogens (tertiary/aromatic N) is 1. The molecule has 0 saturated carbocycles. The highest BCUT2D eigenvalue weighted by atomic mass is 79.9. The fourth-order valence-corrected chi connectivity index (χ4v) is 4.27. The summed E-state index contributed by atoms with van der Waals surface area (Å²) in [7, 11) is 1.54. The van der Waals surface area contributed by atoms with Gasteiger partial charge in [0.1, 0.15) is 5.69 Å². The van der Waals surface area contributed by atoms with Crippen LogP contribution in [0.5, 0.6) is 0 Å². The summed E-state index contributed by atoms with van der Waals surface area (Å²) < 4.78 is 7.69. The number of aromatic nitrogens is 1. The number of ether oxygens (including phenoxy) is 1. The lowest BCUT2D eigenvalue weighted by molar-refractivity contribution is -0.124. The molecule has 1 amide bonds. The number of carbonyl (C=O) groups excluding carboxylic acids is 2. The maximum absolute atomic E-state index is 13.5. The van der Waals surface area contributed by atoms with Gasteiger partial charge in [-0.05, 0) is 51.5 Å². The van der Waals surface area contributed by atoms with Crippen molar-refractivity contribution in [2.45, 2.75) is 19.4 Å². The van der Waals surface area contributed by atoms with Crippen LogP contribution in [0.15, 0.2) is 88.1 Å². The topological polar surface area (TPSA) is 77.4 Å². The van der Waals surface area contributed by atoms with Crippen molar-refractivity contribution < 1.29 is 14.3 Å². The first-order valence-corrected chi connectivity index (χ1v) is 11.6. The number of benzene rings is 3. The van der Waals surface area contributed by atoms with E-state index in [1.54, 1.807) is 44.3 Å². The van der Waals surface area contributed by atoms with Crippen molar-refractivity contribution >= 4 is 44.3 Å². The lowest BCUT2D eigenvalue weighted by Crippen LogP contribution is -2.34. The number of amides is 1. The molecule has 3 aromatic carbocycles. The van der Waals surface area contributed by atoms with E-state index in [-0.39, 0.29) is 17.7 Å². The Morgan fingerprint density at radius 1 is 0.941 bits per heavy atom. The third-order valence-electron chi connectivity index (χ3n) is 5.60. The first-order chi connectivity index (χ1) is 16.4. The molecule has 0 spiro atoms. The van der Waals surface area contributed by atoms with Gasteiger partial charge in [0.15, 0.2) is 6.10 Å². The molecule has 1 heterocycles. The van der Waals surface area contributed by atoms with Crippen LogP contribution in [0.3, 0.4) is 0 Å². The second kappa shape index (κ2) is 10.1. The summed E-state index contributed by atoms with van der Waals surface area (Å²) in [4.78, 5) is 39.5. The zero-order valence-corrected chi connectivity index (χ0v) is 20.3. The van der Waals surface area contributed by atoms with Gasteiger partial charge in [0.2, 0.25) is 0 Å². The summed E-state index contributed by atoms with van der Waals surface area (Å²) in [6.45, 7) is 1.76. The Morgan fingerprint density at radius 2 is 1.56 bits per heavy atom. The van der Waals surface area contributed by atoms with Gasteiger partial charge in [-0.1, -0.05) is 67.6 Å². The second-order valence-corrected chi connectivity index (χ2v) is 8.63. The second-order valence-electron chi connectivity index (χ2n) is 7.77. The van der Waals surface area contributed by atoms with E-state index in [4.69, 9.17) is 4.74 Å². The number of anilines is 1. The minimum atomic E-state index is -1.04. The SMILES string of the molecule is CCC(OC(=O)c1c(-c2ccccc2)c2ccccc2c(=O)n1C)C(=O)Nc1ccccc1Br. The smallest absolute Gasteiger partial charge is 0.356 e. The third-order valence-corrected chi connectivity index (χ3v) is 6.30. The van der Waals surface area contributed by atoms with Gasteiger partial charge in [0.25, 0.3) is 11.5 Å². The number of fused-ring (bicyclic) bond motifs is 1. The number of nitrogens with one attached hydrogen (secondary N) is 1. The quantitative estimate of drug-likeness (QED) is 0.340. The fraction of sp³-hybridized carbons (Fsp3) is 0.148. The van der Waals surface area contributed by atoms with E-state index in [1.165, 1.54) is 4.57 Å². The van der Waals surface area contributed by atoms with Gasteiger partial charge in [-0.3, -0.25) is 9.59 Å². The summed E-state index contributed by atoms with van der Waals surface area (Å²) >= 11 is 3.40. The number of esters is 1. The molecule has 0 fully saturated rings. The average Bonchev–Trinajstić information content (AvgIpc) is 2.86. The minimum Gasteiger partial charge on any atom is -0.448 e. The van der Waals surface area contributed by atoms with Crippen molar-refractivity contribution in [2.75, 3.05) is 5.32 Å². The van der Waals surface area contributed by atoms with E-state index < -0.39 is 18.0 Å². The van der Waals surface area contributed by atoms with Crippen LogP contribution in [0.1, 0.15) is 23.8 Å². The summed E-state index contributed by atoms with van der Waals surface area (Å²) in [5.74, 6) is -1.19. The van der Waals surface area contributed by atoms with E-state index in [0.29, 0.717) is 26.5 Å². The number of pyridine rings is 1. The van der Waals surface area contributed by atoms with Gasteiger partial charge in [-0.2, -0.15) is 0 Å². The molecule has 7 heteroatoms. The summed E-state index contributed by atoms with van der Waals surface area (Å²) in [6.07, 6.45) is -0.769. The summed E-state index contributed by atoms with van der Waals surface area (Å²) in [5, 5.41) is 3.94. The molecule has 4 rings (SSSR count). The Kier molecular flexibility index (Phi) is 6.93. The zero-order valence-electron chi connectivity index (χ0n) is 18.7. The van der Waals surface area contributed by atoms with Gasteiger partial charge in [-0.25, -0.2) is 4.79 Å². The largest absolute Gasteiger partial charge is 0.448 e. The van der Waals surface area contributed by atoms with Crippen LogP contribution in [0.25, 0.3) is 21.9 Å². The Balaban J connectivity index is 1.76. The molecule has 1 unspecified atom stereocenters. The first-order valence-electron chi connectivity index (χ1n) is 10.9. The fourth-order valence-electron chi connectivity index (χ4n) is 3.88. The van der Waals surface area contributed by atoms with E-state index >= 15 is 0 Å². The van der Waals surface area contributed by atoms with Crippen LogP contribution in [0.4, 0.5) is 5.69 Å². The third kappa shape index (κ3) is 4.52. The molecule has 1 N–H and O–H groups in total. The molecular weight excluding hydrogens is 496 g/mol. The number of carbonyl (C=O) groups is 2. The highest BCUT2D eigenvalue weighted by Crippen LogP contribution is 2.31. The molecule has 6 nitrogen and oxygen atoms in total. The van der Waals surface area contributed by atoms with Gasteiger partial charge in [-0.15, -0.1) is 0 Å². The average molecular weight is 519 g/mol. The van der Waals surface area contributed by atoms with Crippen LogP contribution in [-0.2, 0) is 16.6 Å². The highest BCUT2D eigenvalue weighted by Gasteiger charge is 2.28. The molecule has 0 bridgehead atoms. The van der Waals surface area contributed by atoms with Crippen molar-refractivity contribution in [1.82, 2.24) is 4.57 Å². The molecule has 1 atom stereocenters. The Hall–Kier alpha value is -3.71. The van der Waals surface area contributed by atoms with Crippen molar-refractivity contribution in [3.63, 3.8) is 0 Å². The molecule has 0 aliphatic heterocycles. The van der Waals surface area contributed by atoms with Crippen LogP contribution in [0, 0.1) is 0 Å². The maximum Gasteiger partial charge on any atom is 0.356 e. The van der Waals surface area contributed by atoms with E-state index in [1.807, 2.05) is 48.5 Å². The van der Waals surface area contributed by atoms with Crippen molar-refractivity contribution in [2.24, 2.45) is 7.05 Å². The van der Waals surface area contributed by atoms with E-state index in [0.717, 1.165) is 5.56 Å². The van der Waals surface area contributed by atoms with Crippen LogP contribution in [-0.4, -0.2) is 22.5 Å². The molecule has 1 aromatic heterocycles. The predicted molar refractivity (Wildman–Crippen MR) is 137 cm³/mol.